The van der Waals surface area contributed by atoms with Crippen LogP contribution in [-0.2, 0) is 9.68 Å². The van der Waals surface area contributed by atoms with E-state index < -0.39 is 0 Å². The molecule has 0 amide bonds. The van der Waals surface area contributed by atoms with E-state index in [1.807, 2.05) is 37.3 Å². The zero-order chi connectivity index (χ0) is 18.2. The number of oxazole rings is 1. The number of aromatic nitrogens is 1. The van der Waals surface area contributed by atoms with Crippen molar-refractivity contribution in [3.8, 4) is 29.3 Å². The molecule has 0 radical (unpaired) electrons. The summed E-state index contributed by atoms with van der Waals surface area (Å²) in [6.45, 7) is 1.99. The first-order chi connectivity index (χ1) is 12.8. The Kier molecular flexibility index (Phi) is 5.47. The van der Waals surface area contributed by atoms with Crippen LogP contribution in [0, 0.1) is 19.1 Å². The number of nitrogens with zero attached hydrogens (tertiary/aromatic N) is 1. The van der Waals surface area contributed by atoms with Gasteiger partial charge in [0, 0.05) is 6.07 Å². The summed E-state index contributed by atoms with van der Waals surface area (Å²) >= 11 is 0. The molecule has 1 aromatic heterocycles. The number of aryl methyl sites for hydroxylation is 1. The second kappa shape index (κ2) is 8.35. The molecule has 0 unspecified atom stereocenters. The average Bonchev–Trinajstić information content (AvgIpc) is 3.19. The van der Waals surface area contributed by atoms with E-state index in [0.717, 1.165) is 16.8 Å². The van der Waals surface area contributed by atoms with Crippen LogP contribution in [0.1, 0.15) is 5.56 Å². The molecule has 26 heavy (non-hydrogen) atoms. The minimum atomic E-state index is 0.612. The van der Waals surface area contributed by atoms with E-state index in [2.05, 4.69) is 28.2 Å². The third kappa shape index (κ3) is 4.39. The molecule has 0 saturated carbocycles. The molecule has 7 heteroatoms. The van der Waals surface area contributed by atoms with Gasteiger partial charge in [-0.3, -0.25) is 0 Å². The predicted molar refractivity (Wildman–Crippen MR) is 96.9 cm³/mol. The first-order valence-corrected chi connectivity index (χ1v) is 7.73. The maximum atomic E-state index is 5.36. The standard InChI is InChI=1S/C19H17N3O4/c1-14-4-3-5-15(10-14)21-25-8-9-26-22-16-6-7-17(18(11-16)23-2)19-12-20-13-24-19/h3-7,10-13,21-22H,1-2H3. The number of benzene rings is 2. The molecule has 7 nitrogen and oxygen atoms in total. The van der Waals surface area contributed by atoms with Gasteiger partial charge >= 0.3 is 0 Å². The van der Waals surface area contributed by atoms with Crippen molar-refractivity contribution >= 4 is 11.4 Å². The summed E-state index contributed by atoms with van der Waals surface area (Å²) in [7, 11) is 1.57. The molecule has 0 fully saturated rings. The summed E-state index contributed by atoms with van der Waals surface area (Å²) in [5.41, 5.74) is 8.77. The zero-order valence-electron chi connectivity index (χ0n) is 14.3. The van der Waals surface area contributed by atoms with Gasteiger partial charge in [-0.25, -0.2) is 15.9 Å². The van der Waals surface area contributed by atoms with Gasteiger partial charge < -0.3 is 18.8 Å². The number of nitrogens with one attached hydrogen (secondary N) is 2. The van der Waals surface area contributed by atoms with Crippen molar-refractivity contribution < 1.29 is 18.8 Å². The van der Waals surface area contributed by atoms with Gasteiger partial charge in [-0.05, 0) is 36.8 Å². The SMILES string of the molecule is COc1cc(NOC#CONc2cccc(C)c2)ccc1-c1cnco1. The van der Waals surface area contributed by atoms with Gasteiger partial charge in [0.2, 0.25) is 0 Å². The number of hydrogen-bond acceptors (Lipinski definition) is 7. The predicted octanol–water partition coefficient (Wildman–Crippen LogP) is 3.96. The second-order valence-corrected chi connectivity index (χ2v) is 5.26. The van der Waals surface area contributed by atoms with Gasteiger partial charge in [-0.15, -0.1) is 0 Å². The van der Waals surface area contributed by atoms with Crippen molar-refractivity contribution in [1.82, 2.24) is 4.98 Å². The monoisotopic (exact) mass is 351 g/mol. The Morgan fingerprint density at radius 1 is 1.00 bits per heavy atom. The smallest absolute Gasteiger partial charge is 0.192 e. The van der Waals surface area contributed by atoms with Crippen LogP contribution in [0.15, 0.2) is 59.5 Å². The van der Waals surface area contributed by atoms with Crippen LogP contribution in [0.3, 0.4) is 0 Å². The number of rotatable bonds is 6. The normalized spacial score (nSPS) is 9.62. The first kappa shape index (κ1) is 17.0. The fourth-order valence-electron chi connectivity index (χ4n) is 2.23. The Hall–Kier alpha value is -3.79. The van der Waals surface area contributed by atoms with Gasteiger partial charge in [-0.1, -0.05) is 12.1 Å². The zero-order valence-corrected chi connectivity index (χ0v) is 14.3. The Labute approximate surface area is 150 Å². The Bertz CT molecular complexity index is 914. The van der Waals surface area contributed by atoms with Crippen molar-refractivity contribution in [2.75, 3.05) is 18.1 Å². The third-order valence-electron chi connectivity index (χ3n) is 3.40. The molecule has 132 valence electrons. The van der Waals surface area contributed by atoms with E-state index >= 15 is 0 Å². The number of methoxy groups -OCH3 is 1. The topological polar surface area (TPSA) is 77.8 Å². The van der Waals surface area contributed by atoms with Crippen LogP contribution in [0.4, 0.5) is 11.4 Å². The molecule has 3 aromatic rings. The average molecular weight is 351 g/mol. The third-order valence-corrected chi connectivity index (χ3v) is 3.40. The van der Waals surface area contributed by atoms with Crippen LogP contribution >= 0.6 is 0 Å². The fourth-order valence-corrected chi connectivity index (χ4v) is 2.23. The summed E-state index contributed by atoms with van der Waals surface area (Å²) in [6, 6.07) is 13.1. The Morgan fingerprint density at radius 2 is 1.77 bits per heavy atom. The molecule has 0 aliphatic carbocycles. The Balaban J connectivity index is 1.52. The van der Waals surface area contributed by atoms with Crippen LogP contribution in [-0.4, -0.2) is 12.1 Å². The van der Waals surface area contributed by atoms with Crippen LogP contribution < -0.4 is 15.7 Å². The molecule has 0 aliphatic rings. The molecular weight excluding hydrogens is 334 g/mol. The largest absolute Gasteiger partial charge is 0.496 e. The molecular formula is C19H17N3O4. The molecule has 2 N–H and O–H groups in total. The van der Waals surface area contributed by atoms with Gasteiger partial charge in [0.15, 0.2) is 24.4 Å². The van der Waals surface area contributed by atoms with Crippen molar-refractivity contribution in [2.24, 2.45) is 0 Å². The van der Waals surface area contributed by atoms with E-state index in [4.69, 9.17) is 18.8 Å². The lowest BCUT2D eigenvalue weighted by Gasteiger charge is -2.08. The molecule has 2 aromatic carbocycles. The highest BCUT2D eigenvalue weighted by Gasteiger charge is 2.09. The lowest BCUT2D eigenvalue weighted by atomic mass is 10.1. The molecule has 0 atom stereocenters. The number of hydrogen-bond donors (Lipinski definition) is 2. The van der Waals surface area contributed by atoms with Crippen molar-refractivity contribution in [3.63, 3.8) is 0 Å². The van der Waals surface area contributed by atoms with Crippen molar-refractivity contribution in [3.05, 3.63) is 60.6 Å². The molecule has 0 bridgehead atoms. The van der Waals surface area contributed by atoms with Gasteiger partial charge in [-0.2, -0.15) is 0 Å². The highest BCUT2D eigenvalue weighted by atomic mass is 16.7. The molecule has 0 spiro atoms. The highest BCUT2D eigenvalue weighted by molar-refractivity contribution is 5.69. The van der Waals surface area contributed by atoms with Gasteiger partial charge in [0.1, 0.15) is 5.75 Å². The summed E-state index contributed by atoms with van der Waals surface area (Å²) in [5.74, 6) is 1.23. The van der Waals surface area contributed by atoms with Crippen molar-refractivity contribution in [1.29, 1.82) is 0 Å². The summed E-state index contributed by atoms with van der Waals surface area (Å²) in [4.78, 5) is 13.9. The molecule has 0 aliphatic heterocycles. The van der Waals surface area contributed by atoms with Gasteiger partial charge in [0.25, 0.3) is 0 Å². The second-order valence-electron chi connectivity index (χ2n) is 5.26. The fraction of sp³-hybridized carbons (Fsp3) is 0.105. The summed E-state index contributed by atoms with van der Waals surface area (Å²) < 4.78 is 10.6. The molecule has 3 rings (SSSR count). The highest BCUT2D eigenvalue weighted by Crippen LogP contribution is 2.32. The maximum absolute atomic E-state index is 5.36. The number of ether oxygens (including phenoxy) is 1. The van der Waals surface area contributed by atoms with Crippen LogP contribution in [0.2, 0.25) is 0 Å². The van der Waals surface area contributed by atoms with E-state index in [1.54, 1.807) is 25.4 Å². The van der Waals surface area contributed by atoms with E-state index in [1.165, 1.54) is 6.39 Å². The van der Waals surface area contributed by atoms with E-state index in [9.17, 15) is 0 Å². The van der Waals surface area contributed by atoms with E-state index in [0.29, 0.717) is 17.2 Å². The van der Waals surface area contributed by atoms with Crippen molar-refractivity contribution in [2.45, 2.75) is 6.92 Å². The Morgan fingerprint density at radius 3 is 2.42 bits per heavy atom. The molecule has 1 heterocycles. The minimum absolute atomic E-state index is 0.612. The summed E-state index contributed by atoms with van der Waals surface area (Å²) in [5, 5.41) is 0. The van der Waals surface area contributed by atoms with E-state index in [-0.39, 0.29) is 0 Å². The lowest BCUT2D eigenvalue weighted by Crippen LogP contribution is -1.98. The quantitative estimate of drug-likeness (QED) is 0.514. The molecule has 0 saturated heterocycles. The summed E-state index contributed by atoms with van der Waals surface area (Å²) in [6.07, 6.45) is 7.75. The lowest BCUT2D eigenvalue weighted by molar-refractivity contribution is 0.327. The number of anilines is 2. The minimum Gasteiger partial charge on any atom is -0.496 e. The van der Waals surface area contributed by atoms with Gasteiger partial charge in [0.05, 0.1) is 30.2 Å². The van der Waals surface area contributed by atoms with Crippen LogP contribution in [0.25, 0.3) is 11.3 Å². The maximum Gasteiger partial charge on any atom is 0.192 e. The van der Waals surface area contributed by atoms with Crippen LogP contribution in [0.5, 0.6) is 5.75 Å². The first-order valence-electron chi connectivity index (χ1n) is 7.73.